The fraction of sp³-hybridized carbons (Fsp3) is 0.0435. The maximum atomic E-state index is 12.7. The lowest BCUT2D eigenvalue weighted by Gasteiger charge is -2.13. The fourth-order valence-corrected chi connectivity index (χ4v) is 4.32. The molecule has 3 aromatic rings. The molecule has 3 aromatic carbocycles. The van der Waals surface area contributed by atoms with Crippen molar-refractivity contribution < 1.29 is 9.59 Å². The van der Waals surface area contributed by atoms with Crippen molar-refractivity contribution in [3.63, 3.8) is 0 Å². The summed E-state index contributed by atoms with van der Waals surface area (Å²) < 4.78 is 0. The van der Waals surface area contributed by atoms with Crippen LogP contribution in [0.1, 0.15) is 11.1 Å². The molecule has 6 heteroatoms. The highest BCUT2D eigenvalue weighted by Crippen LogP contribution is 2.34. The number of amides is 2. The zero-order chi connectivity index (χ0) is 20.4. The van der Waals surface area contributed by atoms with Gasteiger partial charge in [0.05, 0.1) is 11.4 Å². The fourth-order valence-electron chi connectivity index (χ4n) is 3.01. The van der Waals surface area contributed by atoms with E-state index in [9.17, 15) is 9.59 Å². The molecule has 4 rings (SSSR count). The molecule has 0 radical (unpaired) electrons. The van der Waals surface area contributed by atoms with Crippen molar-refractivity contribution in [1.29, 1.82) is 0 Å². The van der Waals surface area contributed by atoms with Gasteiger partial charge in [-0.1, -0.05) is 83.9 Å². The number of hydrogen-bond donors (Lipinski definition) is 0. The van der Waals surface area contributed by atoms with Gasteiger partial charge in [0.25, 0.3) is 11.1 Å². The van der Waals surface area contributed by atoms with E-state index >= 15 is 0 Å². The Morgan fingerprint density at radius 2 is 1.55 bits per heavy atom. The molecule has 144 valence electrons. The van der Waals surface area contributed by atoms with Crippen LogP contribution in [0.3, 0.4) is 0 Å². The van der Waals surface area contributed by atoms with Crippen LogP contribution in [0.25, 0.3) is 17.2 Å². The molecule has 1 aliphatic rings. The normalized spacial score (nSPS) is 15.4. The second kappa shape index (κ2) is 8.46. The molecule has 0 aromatic heterocycles. The zero-order valence-electron chi connectivity index (χ0n) is 15.1. The van der Waals surface area contributed by atoms with Crippen LogP contribution >= 0.6 is 35.0 Å². The lowest BCUT2D eigenvalue weighted by Crippen LogP contribution is -2.27. The Morgan fingerprint density at radius 1 is 0.862 bits per heavy atom. The van der Waals surface area contributed by atoms with Crippen LogP contribution in [-0.2, 0) is 11.3 Å². The van der Waals surface area contributed by atoms with E-state index < -0.39 is 0 Å². The number of imide groups is 1. The van der Waals surface area contributed by atoms with E-state index in [-0.39, 0.29) is 17.7 Å². The Labute approximate surface area is 182 Å². The van der Waals surface area contributed by atoms with Crippen LogP contribution in [0, 0.1) is 0 Å². The number of nitrogens with zero attached hydrogens (tertiary/aromatic N) is 1. The molecule has 0 atom stereocenters. The molecule has 0 saturated carbocycles. The summed E-state index contributed by atoms with van der Waals surface area (Å²) in [5.74, 6) is -0.321. The van der Waals surface area contributed by atoms with Crippen LogP contribution in [-0.4, -0.2) is 16.0 Å². The van der Waals surface area contributed by atoms with Gasteiger partial charge in [0.15, 0.2) is 0 Å². The molecule has 1 saturated heterocycles. The topological polar surface area (TPSA) is 37.4 Å². The summed E-state index contributed by atoms with van der Waals surface area (Å²) in [7, 11) is 0. The van der Waals surface area contributed by atoms with E-state index in [1.807, 2.05) is 54.6 Å². The molecule has 0 spiro atoms. The molecule has 0 unspecified atom stereocenters. The third-order valence-electron chi connectivity index (χ3n) is 4.53. The van der Waals surface area contributed by atoms with Crippen molar-refractivity contribution in [3.05, 3.63) is 98.9 Å². The van der Waals surface area contributed by atoms with Gasteiger partial charge in [0, 0.05) is 10.0 Å². The minimum Gasteiger partial charge on any atom is -0.268 e. The van der Waals surface area contributed by atoms with Crippen molar-refractivity contribution in [3.8, 4) is 11.1 Å². The standard InChI is InChI=1S/C23H15Cl2NO2S/c24-19-11-10-18(20(25)13-19)14-26-22(27)21(29-23(26)28)12-15-6-8-17(9-7-15)16-4-2-1-3-5-16/h1-13H,14H2/b21-12-. The third-order valence-corrected chi connectivity index (χ3v) is 6.03. The van der Waals surface area contributed by atoms with Crippen LogP contribution in [0.5, 0.6) is 0 Å². The molecule has 29 heavy (non-hydrogen) atoms. The van der Waals surface area contributed by atoms with E-state index in [1.165, 1.54) is 4.90 Å². The average Bonchev–Trinajstić information content (AvgIpc) is 2.98. The van der Waals surface area contributed by atoms with Crippen molar-refractivity contribution >= 4 is 52.2 Å². The first-order chi connectivity index (χ1) is 14.0. The molecule has 1 heterocycles. The van der Waals surface area contributed by atoms with Gasteiger partial charge >= 0.3 is 0 Å². The minimum atomic E-state index is -0.321. The highest BCUT2D eigenvalue weighted by atomic mass is 35.5. The molecule has 0 aliphatic carbocycles. The lowest BCUT2D eigenvalue weighted by atomic mass is 10.0. The Balaban J connectivity index is 1.53. The molecule has 2 amide bonds. The summed E-state index contributed by atoms with van der Waals surface area (Å²) in [5.41, 5.74) is 3.75. The molecule has 0 N–H and O–H groups in total. The van der Waals surface area contributed by atoms with Crippen molar-refractivity contribution in [2.24, 2.45) is 0 Å². The quantitative estimate of drug-likeness (QED) is 0.414. The number of carbonyl (C=O) groups excluding carboxylic acids is 2. The first-order valence-electron chi connectivity index (χ1n) is 8.86. The van der Waals surface area contributed by atoms with Gasteiger partial charge in [-0.15, -0.1) is 0 Å². The predicted octanol–water partition coefficient (Wildman–Crippen LogP) is 6.90. The Bertz CT molecular complexity index is 1110. The summed E-state index contributed by atoms with van der Waals surface area (Å²) in [6.45, 7) is 0.116. The number of carbonyl (C=O) groups is 2. The van der Waals surface area contributed by atoms with Crippen molar-refractivity contribution in [2.75, 3.05) is 0 Å². The number of hydrogen-bond acceptors (Lipinski definition) is 3. The SMILES string of the molecule is O=C1S/C(=C\c2ccc(-c3ccccc3)cc2)C(=O)N1Cc1ccc(Cl)cc1Cl. The van der Waals surface area contributed by atoms with Gasteiger partial charge in [0.2, 0.25) is 0 Å². The summed E-state index contributed by atoms with van der Waals surface area (Å²) in [6, 6.07) is 22.9. The van der Waals surface area contributed by atoms with Gasteiger partial charge < -0.3 is 0 Å². The Morgan fingerprint density at radius 3 is 2.24 bits per heavy atom. The van der Waals surface area contributed by atoms with Gasteiger partial charge in [-0.2, -0.15) is 0 Å². The van der Waals surface area contributed by atoms with E-state index in [1.54, 1.807) is 24.3 Å². The summed E-state index contributed by atoms with van der Waals surface area (Å²) in [6.07, 6.45) is 1.74. The number of halogens is 2. The minimum absolute atomic E-state index is 0.116. The highest BCUT2D eigenvalue weighted by molar-refractivity contribution is 8.18. The monoisotopic (exact) mass is 439 g/mol. The lowest BCUT2D eigenvalue weighted by molar-refractivity contribution is -0.123. The Kier molecular flexibility index (Phi) is 5.76. The second-order valence-corrected chi connectivity index (χ2v) is 8.33. The first-order valence-corrected chi connectivity index (χ1v) is 10.4. The summed E-state index contributed by atoms with van der Waals surface area (Å²) in [5, 5.41) is 0.622. The number of rotatable bonds is 4. The maximum Gasteiger partial charge on any atom is 0.293 e. The van der Waals surface area contributed by atoms with E-state index in [0.29, 0.717) is 20.5 Å². The summed E-state index contributed by atoms with van der Waals surface area (Å²) >= 11 is 13.0. The smallest absolute Gasteiger partial charge is 0.268 e. The predicted molar refractivity (Wildman–Crippen MR) is 120 cm³/mol. The van der Waals surface area contributed by atoms with E-state index in [4.69, 9.17) is 23.2 Å². The van der Waals surface area contributed by atoms with Crippen LogP contribution in [0.15, 0.2) is 77.7 Å². The zero-order valence-corrected chi connectivity index (χ0v) is 17.5. The largest absolute Gasteiger partial charge is 0.293 e. The van der Waals surface area contributed by atoms with Crippen molar-refractivity contribution in [1.82, 2.24) is 4.90 Å². The third kappa shape index (κ3) is 4.40. The van der Waals surface area contributed by atoms with Crippen molar-refractivity contribution in [2.45, 2.75) is 6.54 Å². The van der Waals surface area contributed by atoms with Gasteiger partial charge in [0.1, 0.15) is 0 Å². The van der Waals surface area contributed by atoms with Crippen LogP contribution in [0.2, 0.25) is 10.0 Å². The number of thioether (sulfide) groups is 1. The van der Waals surface area contributed by atoms with E-state index in [2.05, 4.69) is 0 Å². The van der Waals surface area contributed by atoms with Crippen LogP contribution < -0.4 is 0 Å². The maximum absolute atomic E-state index is 12.7. The van der Waals surface area contributed by atoms with Gasteiger partial charge in [-0.05, 0) is 52.2 Å². The molecule has 0 bridgehead atoms. The Hall–Kier alpha value is -2.53. The van der Waals surface area contributed by atoms with Gasteiger partial charge in [-0.25, -0.2) is 0 Å². The average molecular weight is 440 g/mol. The van der Waals surface area contributed by atoms with E-state index in [0.717, 1.165) is 28.5 Å². The molecule has 3 nitrogen and oxygen atoms in total. The van der Waals surface area contributed by atoms with Gasteiger partial charge in [-0.3, -0.25) is 14.5 Å². The van der Waals surface area contributed by atoms with Crippen LogP contribution in [0.4, 0.5) is 4.79 Å². The molecular weight excluding hydrogens is 425 g/mol. The molecule has 1 fully saturated rings. The molecular formula is C23H15Cl2NO2S. The molecule has 1 aliphatic heterocycles. The first kappa shape index (κ1) is 19.8. The number of benzene rings is 3. The summed E-state index contributed by atoms with van der Waals surface area (Å²) in [4.78, 5) is 26.7. The second-order valence-electron chi connectivity index (χ2n) is 6.49. The highest BCUT2D eigenvalue weighted by Gasteiger charge is 2.35.